The first-order chi connectivity index (χ1) is 7.79. The van der Waals surface area contributed by atoms with Crippen LogP contribution in [0.2, 0.25) is 0 Å². The van der Waals surface area contributed by atoms with Crippen molar-refractivity contribution in [2.75, 3.05) is 19.8 Å². The van der Waals surface area contributed by atoms with Gasteiger partial charge < -0.3 is 15.4 Å². The van der Waals surface area contributed by atoms with Crippen LogP contribution in [0.25, 0.3) is 0 Å². The number of nitrogens with zero attached hydrogens (tertiary/aromatic N) is 1. The third-order valence-electron chi connectivity index (χ3n) is 2.73. The van der Waals surface area contributed by atoms with E-state index < -0.39 is 25.3 Å². The van der Waals surface area contributed by atoms with Crippen LogP contribution in [0.15, 0.2) is 0 Å². The van der Waals surface area contributed by atoms with E-state index in [1.165, 1.54) is 4.90 Å². The van der Waals surface area contributed by atoms with Gasteiger partial charge in [0.15, 0.2) is 0 Å². The molecule has 0 radical (unpaired) electrons. The molecule has 1 fully saturated rings. The predicted molar refractivity (Wildman–Crippen MR) is 55.3 cm³/mol. The van der Waals surface area contributed by atoms with E-state index in [0.717, 1.165) is 0 Å². The summed E-state index contributed by atoms with van der Waals surface area (Å²) in [5.41, 5.74) is 5.73. The number of hydrogen-bond donors (Lipinski definition) is 1. The Balaban J connectivity index is 2.32. The molecule has 1 aliphatic heterocycles. The van der Waals surface area contributed by atoms with Crippen molar-refractivity contribution in [3.05, 3.63) is 0 Å². The van der Waals surface area contributed by atoms with Gasteiger partial charge in [-0.3, -0.25) is 4.79 Å². The van der Waals surface area contributed by atoms with Crippen LogP contribution in [-0.2, 0) is 9.53 Å². The zero-order chi connectivity index (χ0) is 13.1. The number of amides is 1. The fraction of sp³-hybridized carbons (Fsp3) is 0.900. The van der Waals surface area contributed by atoms with Crippen molar-refractivity contribution in [1.82, 2.24) is 4.90 Å². The first-order valence-corrected chi connectivity index (χ1v) is 5.49. The molecule has 1 amide bonds. The second-order valence-electron chi connectivity index (χ2n) is 4.33. The van der Waals surface area contributed by atoms with Crippen molar-refractivity contribution >= 4 is 5.91 Å². The molecular formula is C10H17F3N2O2. The number of alkyl halides is 3. The minimum absolute atomic E-state index is 0.0410. The molecule has 1 saturated heterocycles. The highest BCUT2D eigenvalue weighted by molar-refractivity contribution is 5.77. The number of likely N-dealkylation sites (tertiary alicyclic amines) is 1. The molecule has 1 heterocycles. The lowest BCUT2D eigenvalue weighted by Gasteiger charge is -2.36. The van der Waals surface area contributed by atoms with E-state index in [2.05, 4.69) is 4.74 Å². The Morgan fingerprint density at radius 3 is 2.71 bits per heavy atom. The maximum atomic E-state index is 11.8. The third-order valence-corrected chi connectivity index (χ3v) is 2.73. The topological polar surface area (TPSA) is 55.6 Å². The Bertz CT molecular complexity index is 271. The monoisotopic (exact) mass is 254 g/mol. The molecule has 0 spiro atoms. The van der Waals surface area contributed by atoms with Crippen LogP contribution >= 0.6 is 0 Å². The van der Waals surface area contributed by atoms with Gasteiger partial charge >= 0.3 is 6.18 Å². The van der Waals surface area contributed by atoms with Crippen LogP contribution in [-0.4, -0.2) is 48.8 Å². The number of rotatable bonds is 3. The maximum Gasteiger partial charge on any atom is 0.411 e. The van der Waals surface area contributed by atoms with Gasteiger partial charge in [-0.05, 0) is 19.8 Å². The van der Waals surface area contributed by atoms with Gasteiger partial charge in [-0.2, -0.15) is 13.2 Å². The van der Waals surface area contributed by atoms with Gasteiger partial charge in [0.25, 0.3) is 0 Å². The summed E-state index contributed by atoms with van der Waals surface area (Å²) in [5, 5.41) is 0. The summed E-state index contributed by atoms with van der Waals surface area (Å²) < 4.78 is 39.8. The lowest BCUT2D eigenvalue weighted by atomic mass is 9.99. The predicted octanol–water partition coefficient (Wildman–Crippen LogP) is 0.904. The van der Waals surface area contributed by atoms with Crippen LogP contribution in [0.1, 0.15) is 19.8 Å². The van der Waals surface area contributed by atoms with Crippen LogP contribution in [0, 0.1) is 0 Å². The van der Waals surface area contributed by atoms with Crippen LogP contribution in [0.5, 0.6) is 0 Å². The van der Waals surface area contributed by atoms with E-state index in [1.807, 2.05) is 6.92 Å². The highest BCUT2D eigenvalue weighted by atomic mass is 19.4. The molecule has 2 atom stereocenters. The van der Waals surface area contributed by atoms with Gasteiger partial charge in [-0.15, -0.1) is 0 Å². The Morgan fingerprint density at radius 1 is 1.53 bits per heavy atom. The summed E-state index contributed by atoms with van der Waals surface area (Å²) in [6.07, 6.45) is -3.05. The number of hydrogen-bond acceptors (Lipinski definition) is 3. The first kappa shape index (κ1) is 14.2. The van der Waals surface area contributed by atoms with Gasteiger partial charge in [-0.25, -0.2) is 0 Å². The second kappa shape index (κ2) is 5.68. The molecule has 2 unspecified atom stereocenters. The van der Waals surface area contributed by atoms with Gasteiger partial charge in [0.05, 0.1) is 0 Å². The summed E-state index contributed by atoms with van der Waals surface area (Å²) in [6, 6.07) is 0.0193. The fourth-order valence-corrected chi connectivity index (χ4v) is 1.92. The number of piperidine rings is 1. The number of halogens is 3. The van der Waals surface area contributed by atoms with Crippen LogP contribution < -0.4 is 5.73 Å². The Morgan fingerprint density at radius 2 is 2.18 bits per heavy atom. The van der Waals surface area contributed by atoms with E-state index in [4.69, 9.17) is 5.73 Å². The summed E-state index contributed by atoms with van der Waals surface area (Å²) in [7, 11) is 0. The van der Waals surface area contributed by atoms with Crippen molar-refractivity contribution in [1.29, 1.82) is 0 Å². The van der Waals surface area contributed by atoms with Crippen molar-refractivity contribution in [3.63, 3.8) is 0 Å². The van der Waals surface area contributed by atoms with Crippen molar-refractivity contribution < 1.29 is 22.7 Å². The van der Waals surface area contributed by atoms with E-state index >= 15 is 0 Å². The van der Waals surface area contributed by atoms with Crippen LogP contribution in [0.3, 0.4) is 0 Å². The number of carbonyl (C=O) groups is 1. The summed E-state index contributed by atoms with van der Waals surface area (Å²) in [5.74, 6) is -0.409. The SMILES string of the molecule is CC1CC(N)CCN1C(=O)COCC(F)(F)F. The minimum Gasteiger partial charge on any atom is -0.362 e. The zero-order valence-electron chi connectivity index (χ0n) is 9.67. The lowest BCUT2D eigenvalue weighted by molar-refractivity contribution is -0.178. The molecule has 2 N–H and O–H groups in total. The summed E-state index contributed by atoms with van der Waals surface area (Å²) >= 11 is 0. The third kappa shape index (κ3) is 4.91. The maximum absolute atomic E-state index is 11.8. The number of nitrogens with two attached hydrogens (primary N) is 1. The average Bonchev–Trinajstić information content (AvgIpc) is 2.15. The molecule has 1 aliphatic rings. The smallest absolute Gasteiger partial charge is 0.362 e. The molecule has 0 aliphatic carbocycles. The molecule has 0 aromatic rings. The highest BCUT2D eigenvalue weighted by Crippen LogP contribution is 2.17. The minimum atomic E-state index is -4.39. The summed E-state index contributed by atoms with van der Waals surface area (Å²) in [6.45, 7) is 0.400. The molecular weight excluding hydrogens is 237 g/mol. The van der Waals surface area contributed by atoms with E-state index in [9.17, 15) is 18.0 Å². The Kier molecular flexibility index (Phi) is 4.76. The number of carbonyl (C=O) groups excluding carboxylic acids is 1. The van der Waals surface area contributed by atoms with Gasteiger partial charge in [0.1, 0.15) is 13.2 Å². The largest absolute Gasteiger partial charge is 0.411 e. The molecule has 1 rings (SSSR count). The standard InChI is InChI=1S/C10H17F3N2O2/c1-7-4-8(14)2-3-15(7)9(16)5-17-6-10(11,12)13/h7-8H,2-6,14H2,1H3. The highest BCUT2D eigenvalue weighted by Gasteiger charge is 2.30. The van der Waals surface area contributed by atoms with Crippen molar-refractivity contribution in [2.45, 2.75) is 38.0 Å². The molecule has 0 saturated carbocycles. The zero-order valence-corrected chi connectivity index (χ0v) is 9.67. The normalized spacial score (nSPS) is 26.1. The van der Waals surface area contributed by atoms with Gasteiger partial charge in [-0.1, -0.05) is 0 Å². The molecule has 7 heteroatoms. The van der Waals surface area contributed by atoms with Gasteiger partial charge in [0.2, 0.25) is 5.91 Å². The molecule has 0 aromatic carbocycles. The van der Waals surface area contributed by atoms with Gasteiger partial charge in [0, 0.05) is 18.6 Å². The first-order valence-electron chi connectivity index (χ1n) is 5.49. The fourth-order valence-electron chi connectivity index (χ4n) is 1.92. The Labute approximate surface area is 97.9 Å². The van der Waals surface area contributed by atoms with E-state index in [1.54, 1.807) is 0 Å². The number of ether oxygens (including phenoxy) is 1. The molecule has 100 valence electrons. The quantitative estimate of drug-likeness (QED) is 0.814. The van der Waals surface area contributed by atoms with E-state index in [-0.39, 0.29) is 12.1 Å². The van der Waals surface area contributed by atoms with E-state index in [0.29, 0.717) is 19.4 Å². The summed E-state index contributed by atoms with van der Waals surface area (Å²) in [4.78, 5) is 13.1. The Hall–Kier alpha value is -0.820. The molecule has 17 heavy (non-hydrogen) atoms. The van der Waals surface area contributed by atoms with Crippen molar-refractivity contribution in [2.24, 2.45) is 5.73 Å². The molecule has 4 nitrogen and oxygen atoms in total. The second-order valence-corrected chi connectivity index (χ2v) is 4.33. The van der Waals surface area contributed by atoms with Crippen molar-refractivity contribution in [3.8, 4) is 0 Å². The molecule has 0 bridgehead atoms. The average molecular weight is 254 g/mol. The van der Waals surface area contributed by atoms with Crippen LogP contribution in [0.4, 0.5) is 13.2 Å². The lowest BCUT2D eigenvalue weighted by Crippen LogP contribution is -2.49. The molecule has 0 aromatic heterocycles.